The van der Waals surface area contributed by atoms with Gasteiger partial charge in [0.15, 0.2) is 0 Å². The van der Waals surface area contributed by atoms with Gasteiger partial charge < -0.3 is 14.7 Å². The van der Waals surface area contributed by atoms with Crippen LogP contribution in [0.25, 0.3) is 0 Å². The van der Waals surface area contributed by atoms with E-state index in [1.165, 1.54) is 0 Å². The van der Waals surface area contributed by atoms with Crippen LogP contribution < -0.4 is 0 Å². The second-order valence-electron chi connectivity index (χ2n) is 3.94. The summed E-state index contributed by atoms with van der Waals surface area (Å²) in [6, 6.07) is 0. The molecule has 1 saturated heterocycles. The van der Waals surface area contributed by atoms with Crippen LogP contribution in [-0.4, -0.2) is 70.9 Å². The molecule has 0 aromatic rings. The van der Waals surface area contributed by atoms with E-state index in [9.17, 15) is 9.90 Å². The fourth-order valence-electron chi connectivity index (χ4n) is 1.78. The Labute approximate surface area is 110 Å². The van der Waals surface area contributed by atoms with Gasteiger partial charge in [0, 0.05) is 40.2 Å². The Kier molecular flexibility index (Phi) is 5.95. The first-order chi connectivity index (χ1) is 7.56. The van der Waals surface area contributed by atoms with Gasteiger partial charge in [-0.15, -0.1) is 0 Å². The molecule has 1 aliphatic rings. The van der Waals surface area contributed by atoms with Gasteiger partial charge in [-0.1, -0.05) is 22.6 Å². The number of carbonyl (C=O) groups excluding carboxylic acids is 1. The minimum atomic E-state index is -0.477. The van der Waals surface area contributed by atoms with Crippen molar-refractivity contribution in [2.45, 2.75) is 17.1 Å². The number of aliphatic hydroxyl groups is 1. The third-order valence-corrected chi connectivity index (χ3v) is 4.38. The molecule has 1 N–H and O–H groups in total. The van der Waals surface area contributed by atoms with Gasteiger partial charge in [-0.2, -0.15) is 0 Å². The number of ether oxygens (including phenoxy) is 1. The molecule has 1 unspecified atom stereocenters. The lowest BCUT2D eigenvalue weighted by Gasteiger charge is -2.38. The van der Waals surface area contributed by atoms with Crippen molar-refractivity contribution in [3.63, 3.8) is 0 Å². The first-order valence-corrected chi connectivity index (χ1v) is 6.61. The average molecular weight is 342 g/mol. The number of halogens is 1. The smallest absolute Gasteiger partial charge is 0.219 e. The molecule has 0 aromatic carbocycles. The number of rotatable bonds is 4. The molecule has 0 bridgehead atoms. The first-order valence-electron chi connectivity index (χ1n) is 5.37. The molecule has 1 rings (SSSR count). The highest BCUT2D eigenvalue weighted by molar-refractivity contribution is 14.1. The Morgan fingerprint density at radius 2 is 2.00 bits per heavy atom. The molecular weight excluding hydrogens is 323 g/mol. The standard InChI is InChI=1S/C10H19IN2O3/c1-8(14)12-3-5-13(6-4-12)10(11)9(15)7-16-2/h9-10,15H,3-7H2,1-2H3/t9-,10?/m0/s1. The van der Waals surface area contributed by atoms with Gasteiger partial charge in [-0.3, -0.25) is 9.69 Å². The number of aliphatic hydroxyl groups excluding tert-OH is 1. The van der Waals surface area contributed by atoms with E-state index < -0.39 is 6.10 Å². The Bertz CT molecular complexity index is 232. The summed E-state index contributed by atoms with van der Waals surface area (Å²) in [6.07, 6.45) is -0.477. The molecule has 0 spiro atoms. The summed E-state index contributed by atoms with van der Waals surface area (Å²) in [5.74, 6) is 0.127. The molecule has 0 radical (unpaired) electrons. The van der Waals surface area contributed by atoms with Crippen LogP contribution in [0, 0.1) is 0 Å². The van der Waals surface area contributed by atoms with Crippen LogP contribution in [0.5, 0.6) is 0 Å². The zero-order chi connectivity index (χ0) is 12.1. The number of hydrogen-bond acceptors (Lipinski definition) is 4. The van der Waals surface area contributed by atoms with E-state index in [-0.39, 0.29) is 9.96 Å². The molecule has 16 heavy (non-hydrogen) atoms. The molecule has 1 amide bonds. The quantitative estimate of drug-likeness (QED) is 0.441. The van der Waals surface area contributed by atoms with Gasteiger partial charge in [0.25, 0.3) is 0 Å². The molecule has 5 nitrogen and oxygen atoms in total. The van der Waals surface area contributed by atoms with Gasteiger partial charge in [0.05, 0.1) is 10.7 Å². The van der Waals surface area contributed by atoms with Crippen LogP contribution in [0.4, 0.5) is 0 Å². The molecule has 0 saturated carbocycles. The van der Waals surface area contributed by atoms with Crippen LogP contribution in [0.1, 0.15) is 6.92 Å². The summed E-state index contributed by atoms with van der Waals surface area (Å²) < 4.78 is 4.98. The number of alkyl halides is 1. The summed E-state index contributed by atoms with van der Waals surface area (Å²) >= 11 is 2.23. The number of amides is 1. The molecule has 1 fully saturated rings. The third-order valence-electron chi connectivity index (χ3n) is 2.76. The van der Waals surface area contributed by atoms with E-state index in [4.69, 9.17) is 4.74 Å². The van der Waals surface area contributed by atoms with Crippen molar-refractivity contribution in [2.75, 3.05) is 39.9 Å². The van der Waals surface area contributed by atoms with Gasteiger partial charge in [0.1, 0.15) is 6.10 Å². The first kappa shape index (κ1) is 14.1. The number of nitrogens with zero attached hydrogens (tertiary/aromatic N) is 2. The van der Waals surface area contributed by atoms with Crippen LogP contribution in [0.2, 0.25) is 0 Å². The number of hydrogen-bond donors (Lipinski definition) is 1. The third kappa shape index (κ3) is 3.83. The normalized spacial score (nSPS) is 21.9. The van der Waals surface area contributed by atoms with Crippen molar-refractivity contribution >= 4 is 28.5 Å². The summed E-state index contributed by atoms with van der Waals surface area (Å²) in [7, 11) is 1.58. The lowest BCUT2D eigenvalue weighted by Crippen LogP contribution is -2.53. The maximum absolute atomic E-state index is 11.1. The molecule has 0 aliphatic carbocycles. The second-order valence-corrected chi connectivity index (χ2v) is 5.21. The number of methoxy groups -OCH3 is 1. The molecular formula is C10H19IN2O3. The zero-order valence-corrected chi connectivity index (χ0v) is 11.9. The van der Waals surface area contributed by atoms with Gasteiger partial charge in [-0.05, 0) is 0 Å². The Morgan fingerprint density at radius 1 is 1.44 bits per heavy atom. The van der Waals surface area contributed by atoms with Crippen LogP contribution >= 0.6 is 22.6 Å². The second kappa shape index (κ2) is 6.73. The van der Waals surface area contributed by atoms with E-state index >= 15 is 0 Å². The van der Waals surface area contributed by atoms with E-state index in [0.29, 0.717) is 6.61 Å². The number of carbonyl (C=O) groups is 1. The topological polar surface area (TPSA) is 53.0 Å². The highest BCUT2D eigenvalue weighted by Gasteiger charge is 2.27. The largest absolute Gasteiger partial charge is 0.388 e. The monoisotopic (exact) mass is 342 g/mol. The molecule has 0 aromatic heterocycles. The Morgan fingerprint density at radius 3 is 2.44 bits per heavy atom. The molecule has 1 heterocycles. The summed E-state index contributed by atoms with van der Waals surface area (Å²) in [5.41, 5.74) is 0. The predicted octanol–water partition coefficient (Wildman–Crippen LogP) is -0.0811. The average Bonchev–Trinajstić information content (AvgIpc) is 2.28. The highest BCUT2D eigenvalue weighted by atomic mass is 127. The maximum atomic E-state index is 11.1. The molecule has 94 valence electrons. The lowest BCUT2D eigenvalue weighted by atomic mass is 10.2. The molecule has 6 heteroatoms. The summed E-state index contributed by atoms with van der Waals surface area (Å²) in [6.45, 7) is 5.06. The van der Waals surface area contributed by atoms with Crippen molar-refractivity contribution in [3.8, 4) is 0 Å². The fraction of sp³-hybridized carbons (Fsp3) is 0.900. The van der Waals surface area contributed by atoms with Crippen LogP contribution in [-0.2, 0) is 9.53 Å². The highest BCUT2D eigenvalue weighted by Crippen LogP contribution is 2.16. The van der Waals surface area contributed by atoms with Crippen LogP contribution in [0.15, 0.2) is 0 Å². The van der Waals surface area contributed by atoms with Gasteiger partial charge >= 0.3 is 0 Å². The van der Waals surface area contributed by atoms with Crippen LogP contribution in [0.3, 0.4) is 0 Å². The van der Waals surface area contributed by atoms with E-state index in [1.807, 2.05) is 4.90 Å². The SMILES string of the molecule is COC[C@H](O)C(I)N1CCN(C(C)=O)CC1. The number of piperazine rings is 1. The molecule has 1 aliphatic heterocycles. The van der Waals surface area contributed by atoms with Crippen molar-refractivity contribution in [2.24, 2.45) is 0 Å². The van der Waals surface area contributed by atoms with Crippen molar-refractivity contribution in [1.82, 2.24) is 9.80 Å². The predicted molar refractivity (Wildman–Crippen MR) is 69.5 cm³/mol. The Hall–Kier alpha value is 0.0800. The zero-order valence-electron chi connectivity index (χ0n) is 9.73. The van der Waals surface area contributed by atoms with Crippen molar-refractivity contribution in [1.29, 1.82) is 0 Å². The van der Waals surface area contributed by atoms with Crippen molar-refractivity contribution < 1.29 is 14.6 Å². The van der Waals surface area contributed by atoms with E-state index in [0.717, 1.165) is 26.2 Å². The fourth-order valence-corrected chi connectivity index (χ4v) is 2.54. The van der Waals surface area contributed by atoms with Gasteiger partial charge in [0.2, 0.25) is 5.91 Å². The van der Waals surface area contributed by atoms with Crippen molar-refractivity contribution in [3.05, 3.63) is 0 Å². The summed E-state index contributed by atoms with van der Waals surface area (Å²) in [5, 5.41) is 9.79. The Balaban J connectivity index is 2.38. The van der Waals surface area contributed by atoms with E-state index in [2.05, 4.69) is 27.5 Å². The lowest BCUT2D eigenvalue weighted by molar-refractivity contribution is -0.130. The maximum Gasteiger partial charge on any atom is 0.219 e. The minimum Gasteiger partial charge on any atom is -0.388 e. The van der Waals surface area contributed by atoms with E-state index in [1.54, 1.807) is 14.0 Å². The summed E-state index contributed by atoms with van der Waals surface area (Å²) in [4.78, 5) is 15.2. The van der Waals surface area contributed by atoms with Gasteiger partial charge in [-0.25, -0.2) is 0 Å². The minimum absolute atomic E-state index is 0.0478. The molecule has 2 atom stereocenters.